The Bertz CT molecular complexity index is 539. The number of esters is 2. The van der Waals surface area contributed by atoms with Crippen molar-refractivity contribution < 1.29 is 42.8 Å². The summed E-state index contributed by atoms with van der Waals surface area (Å²) in [7, 11) is 0. The quantitative estimate of drug-likeness (QED) is 0.215. The highest BCUT2D eigenvalue weighted by Crippen LogP contribution is 2.12. The predicted molar refractivity (Wildman–Crippen MR) is 92.7 cm³/mol. The van der Waals surface area contributed by atoms with E-state index in [1.807, 2.05) is 6.92 Å². The number of hydrogen-bond acceptors (Lipinski definition) is 9. The van der Waals surface area contributed by atoms with Gasteiger partial charge in [0.15, 0.2) is 12.4 Å². The highest BCUT2D eigenvalue weighted by Gasteiger charge is 2.27. The summed E-state index contributed by atoms with van der Waals surface area (Å²) in [5.41, 5.74) is 0.470. The van der Waals surface area contributed by atoms with E-state index in [1.54, 1.807) is 0 Å². The smallest absolute Gasteiger partial charge is 0.459 e. The van der Waals surface area contributed by atoms with Gasteiger partial charge in [-0.25, -0.2) is 14.4 Å². The van der Waals surface area contributed by atoms with Crippen LogP contribution in [0.5, 0.6) is 0 Å². The fourth-order valence-corrected chi connectivity index (χ4v) is 1.84. The summed E-state index contributed by atoms with van der Waals surface area (Å²) in [6, 6.07) is 0. The Labute approximate surface area is 158 Å². The minimum Gasteiger partial charge on any atom is -0.459 e. The minimum absolute atomic E-state index is 0.0775. The van der Waals surface area contributed by atoms with Gasteiger partial charge in [-0.15, -0.1) is 0 Å². The lowest BCUT2D eigenvalue weighted by Crippen LogP contribution is -2.35. The molecule has 0 amide bonds. The van der Waals surface area contributed by atoms with Crippen LogP contribution in [-0.2, 0) is 38.0 Å². The van der Waals surface area contributed by atoms with Crippen molar-refractivity contribution in [2.45, 2.75) is 45.7 Å². The standard InChI is InChI=1S/C18H26O9/c1-6-15(22-7-14-10-25-18(21)27-14)26-13(8-23-16(19)11(2)3)9-24-17(20)12(4)5/h13-15H,2,4,6-10H2,1,3,5H3. The molecule has 1 aliphatic heterocycles. The minimum atomic E-state index is -0.760. The summed E-state index contributed by atoms with van der Waals surface area (Å²) in [5.74, 6) is -1.17. The Morgan fingerprint density at radius 2 is 1.70 bits per heavy atom. The van der Waals surface area contributed by atoms with E-state index in [-0.39, 0.29) is 37.6 Å². The van der Waals surface area contributed by atoms with E-state index in [1.165, 1.54) is 13.8 Å². The average molecular weight is 386 g/mol. The number of hydrogen-bond donors (Lipinski definition) is 0. The Morgan fingerprint density at radius 1 is 1.15 bits per heavy atom. The van der Waals surface area contributed by atoms with E-state index in [2.05, 4.69) is 17.9 Å². The van der Waals surface area contributed by atoms with Gasteiger partial charge in [-0.1, -0.05) is 20.1 Å². The summed E-state index contributed by atoms with van der Waals surface area (Å²) in [6.07, 6.45) is -2.25. The Kier molecular flexibility index (Phi) is 9.52. The van der Waals surface area contributed by atoms with Gasteiger partial charge in [-0.05, 0) is 20.3 Å². The molecule has 1 saturated heterocycles. The maximum atomic E-state index is 11.6. The summed E-state index contributed by atoms with van der Waals surface area (Å²) in [5, 5.41) is 0. The van der Waals surface area contributed by atoms with Crippen molar-refractivity contribution in [3.63, 3.8) is 0 Å². The number of cyclic esters (lactones) is 2. The van der Waals surface area contributed by atoms with E-state index in [0.29, 0.717) is 6.42 Å². The molecule has 0 spiro atoms. The average Bonchev–Trinajstić information content (AvgIpc) is 3.04. The zero-order valence-corrected chi connectivity index (χ0v) is 15.9. The van der Waals surface area contributed by atoms with Gasteiger partial charge in [0.05, 0.1) is 6.61 Å². The molecule has 0 N–H and O–H groups in total. The van der Waals surface area contributed by atoms with Crippen LogP contribution in [0.2, 0.25) is 0 Å². The number of carbonyl (C=O) groups is 3. The molecular formula is C18H26O9. The molecule has 0 bridgehead atoms. The molecule has 1 heterocycles. The van der Waals surface area contributed by atoms with Crippen molar-refractivity contribution in [1.29, 1.82) is 0 Å². The van der Waals surface area contributed by atoms with Crippen LogP contribution in [0.3, 0.4) is 0 Å². The molecule has 0 aliphatic carbocycles. The van der Waals surface area contributed by atoms with Crippen LogP contribution < -0.4 is 0 Å². The molecule has 0 saturated carbocycles. The maximum Gasteiger partial charge on any atom is 0.508 e. The molecule has 0 radical (unpaired) electrons. The molecular weight excluding hydrogens is 360 g/mol. The molecule has 1 rings (SSSR count). The summed E-state index contributed by atoms with van der Waals surface area (Å²) in [6.45, 7) is 11.7. The van der Waals surface area contributed by atoms with Crippen LogP contribution in [0.25, 0.3) is 0 Å². The Morgan fingerprint density at radius 3 is 2.11 bits per heavy atom. The number of ether oxygens (including phenoxy) is 6. The summed E-state index contributed by atoms with van der Waals surface area (Å²) < 4.78 is 31.0. The van der Waals surface area contributed by atoms with E-state index in [4.69, 9.17) is 23.7 Å². The van der Waals surface area contributed by atoms with E-state index in [0.717, 1.165) is 0 Å². The van der Waals surface area contributed by atoms with E-state index >= 15 is 0 Å². The first-order chi connectivity index (χ1) is 12.7. The predicted octanol–water partition coefficient (Wildman–Crippen LogP) is 1.90. The van der Waals surface area contributed by atoms with Crippen LogP contribution in [0.15, 0.2) is 24.3 Å². The normalized spacial score (nSPS) is 17.0. The molecule has 0 aromatic carbocycles. The second-order valence-electron chi connectivity index (χ2n) is 5.99. The van der Waals surface area contributed by atoms with E-state index < -0.39 is 36.6 Å². The molecule has 0 aromatic rings. The van der Waals surface area contributed by atoms with Crippen LogP contribution in [0.1, 0.15) is 27.2 Å². The van der Waals surface area contributed by atoms with Crippen molar-refractivity contribution >= 4 is 18.1 Å². The fourth-order valence-electron chi connectivity index (χ4n) is 1.84. The van der Waals surface area contributed by atoms with Crippen molar-refractivity contribution in [2.75, 3.05) is 26.4 Å². The maximum absolute atomic E-state index is 11.6. The van der Waals surface area contributed by atoms with Crippen LogP contribution in [-0.4, -0.2) is 63.0 Å². The zero-order chi connectivity index (χ0) is 20.4. The number of rotatable bonds is 12. The first-order valence-corrected chi connectivity index (χ1v) is 8.48. The summed E-state index contributed by atoms with van der Waals surface area (Å²) >= 11 is 0. The van der Waals surface area contributed by atoms with Gasteiger partial charge in [0, 0.05) is 11.1 Å². The van der Waals surface area contributed by atoms with Crippen molar-refractivity contribution in [2.24, 2.45) is 0 Å². The van der Waals surface area contributed by atoms with Gasteiger partial charge in [0.25, 0.3) is 0 Å². The lowest BCUT2D eigenvalue weighted by atomic mass is 10.3. The molecule has 1 fully saturated rings. The third-order valence-corrected chi connectivity index (χ3v) is 3.29. The molecule has 2 atom stereocenters. The first kappa shape index (κ1) is 22.7. The van der Waals surface area contributed by atoms with Crippen molar-refractivity contribution in [3.8, 4) is 0 Å². The van der Waals surface area contributed by atoms with E-state index in [9.17, 15) is 14.4 Å². The molecule has 0 aromatic heterocycles. The van der Waals surface area contributed by atoms with Crippen LogP contribution in [0.4, 0.5) is 4.79 Å². The van der Waals surface area contributed by atoms with Gasteiger partial charge in [-0.2, -0.15) is 0 Å². The van der Waals surface area contributed by atoms with Gasteiger partial charge in [-0.3, -0.25) is 0 Å². The number of carbonyl (C=O) groups excluding carboxylic acids is 3. The highest BCUT2D eigenvalue weighted by atomic mass is 16.8. The van der Waals surface area contributed by atoms with Gasteiger partial charge in [0.1, 0.15) is 25.9 Å². The lowest BCUT2D eigenvalue weighted by molar-refractivity contribution is -0.203. The molecule has 9 nitrogen and oxygen atoms in total. The van der Waals surface area contributed by atoms with Crippen LogP contribution in [0, 0.1) is 0 Å². The fraction of sp³-hybridized carbons (Fsp3) is 0.611. The van der Waals surface area contributed by atoms with Gasteiger partial charge >= 0.3 is 18.1 Å². The third-order valence-electron chi connectivity index (χ3n) is 3.29. The lowest BCUT2D eigenvalue weighted by Gasteiger charge is -2.24. The second-order valence-corrected chi connectivity index (χ2v) is 5.99. The van der Waals surface area contributed by atoms with Gasteiger partial charge < -0.3 is 28.4 Å². The molecule has 27 heavy (non-hydrogen) atoms. The third kappa shape index (κ3) is 8.69. The Hall–Kier alpha value is -2.39. The summed E-state index contributed by atoms with van der Waals surface area (Å²) in [4.78, 5) is 34.1. The molecule has 2 unspecified atom stereocenters. The zero-order valence-electron chi connectivity index (χ0n) is 15.9. The van der Waals surface area contributed by atoms with Crippen LogP contribution >= 0.6 is 0 Å². The topological polar surface area (TPSA) is 107 Å². The van der Waals surface area contributed by atoms with Gasteiger partial charge in [0.2, 0.25) is 0 Å². The second kappa shape index (κ2) is 11.3. The monoisotopic (exact) mass is 386 g/mol. The largest absolute Gasteiger partial charge is 0.508 e. The molecule has 152 valence electrons. The first-order valence-electron chi connectivity index (χ1n) is 8.48. The van der Waals surface area contributed by atoms with Crippen molar-refractivity contribution in [1.82, 2.24) is 0 Å². The van der Waals surface area contributed by atoms with Crippen molar-refractivity contribution in [3.05, 3.63) is 24.3 Å². The SMILES string of the molecule is C=C(C)C(=O)OCC(COC(=O)C(=C)C)OC(CC)OCC1COC(=O)O1. The highest BCUT2D eigenvalue weighted by molar-refractivity contribution is 5.87. The molecule has 1 aliphatic rings. The Balaban J connectivity index is 2.57. The molecule has 9 heteroatoms.